The summed E-state index contributed by atoms with van der Waals surface area (Å²) < 4.78 is 29.1. The van der Waals surface area contributed by atoms with Crippen molar-refractivity contribution in [2.45, 2.75) is 45.2 Å². The van der Waals surface area contributed by atoms with Crippen LogP contribution in [-0.4, -0.2) is 36.9 Å². The van der Waals surface area contributed by atoms with Gasteiger partial charge in [0.15, 0.2) is 0 Å². The van der Waals surface area contributed by atoms with Crippen molar-refractivity contribution in [2.24, 2.45) is 0 Å². The maximum absolute atomic E-state index is 12.8. The fourth-order valence-corrected chi connectivity index (χ4v) is 4.16. The molecule has 0 amide bonds. The first-order valence-electron chi connectivity index (χ1n) is 7.54. The van der Waals surface area contributed by atoms with Crippen molar-refractivity contribution in [3.63, 3.8) is 0 Å². The number of nitrogens with one attached hydrogen (secondary N) is 1. The lowest BCUT2D eigenvalue weighted by atomic mass is 10.2. The number of aromatic nitrogens is 1. The van der Waals surface area contributed by atoms with E-state index in [-0.39, 0.29) is 0 Å². The fraction of sp³-hybridized carbons (Fsp3) is 0.600. The Balaban J connectivity index is 2.27. The number of aryl methyl sites for hydroxylation is 1. The zero-order valence-corrected chi connectivity index (χ0v) is 13.9. The molecule has 2 heterocycles. The molecular weight excluding hydrogens is 286 g/mol. The average Bonchev–Trinajstić information content (AvgIpc) is 2.89. The molecule has 0 bridgehead atoms. The first-order valence-corrected chi connectivity index (χ1v) is 8.98. The van der Waals surface area contributed by atoms with Gasteiger partial charge in [-0.15, -0.1) is 0 Å². The number of sulfonamides is 1. The highest BCUT2D eigenvalue weighted by molar-refractivity contribution is 7.89. The first-order chi connectivity index (χ1) is 9.98. The molecule has 0 radical (unpaired) electrons. The largest absolute Gasteiger partial charge is 0.349 e. The molecule has 5 nitrogen and oxygen atoms in total. The molecule has 21 heavy (non-hydrogen) atoms. The van der Waals surface area contributed by atoms with Crippen molar-refractivity contribution in [3.8, 4) is 0 Å². The van der Waals surface area contributed by atoms with E-state index >= 15 is 0 Å². The van der Waals surface area contributed by atoms with Crippen molar-refractivity contribution < 1.29 is 8.42 Å². The first kappa shape index (κ1) is 16.3. The average molecular weight is 311 g/mol. The minimum atomic E-state index is -3.39. The highest BCUT2D eigenvalue weighted by atomic mass is 32.2. The monoisotopic (exact) mass is 311 g/mol. The Morgan fingerprint density at radius 3 is 2.71 bits per heavy atom. The van der Waals surface area contributed by atoms with Gasteiger partial charge in [-0.2, -0.15) is 4.31 Å². The van der Waals surface area contributed by atoms with Crippen LogP contribution in [0.3, 0.4) is 0 Å². The highest BCUT2D eigenvalue weighted by Crippen LogP contribution is 2.22. The molecule has 2 rings (SSSR count). The summed E-state index contributed by atoms with van der Waals surface area (Å²) in [5.41, 5.74) is 2.13. The molecule has 1 N–H and O–H groups in total. The Bertz CT molecular complexity index is 617. The predicted octanol–water partition coefficient (Wildman–Crippen LogP) is 1.96. The van der Waals surface area contributed by atoms with Crippen molar-refractivity contribution >= 4 is 10.0 Å². The molecule has 0 saturated carbocycles. The highest BCUT2D eigenvalue weighted by Gasteiger charge is 2.27. The Kier molecular flexibility index (Phi) is 5.24. The molecule has 1 aromatic rings. The second-order valence-corrected chi connectivity index (χ2v) is 7.35. The molecule has 1 aliphatic heterocycles. The van der Waals surface area contributed by atoms with Gasteiger partial charge in [0.05, 0.1) is 0 Å². The van der Waals surface area contributed by atoms with E-state index in [2.05, 4.69) is 11.4 Å². The SMILES string of the molecule is CCNCc1cc(S(=O)(=O)N2CCC=C(C)C2)cn1CC. The van der Waals surface area contributed by atoms with Crippen LogP contribution in [-0.2, 0) is 23.1 Å². The summed E-state index contributed by atoms with van der Waals surface area (Å²) in [4.78, 5) is 0.409. The minimum absolute atomic E-state index is 0.409. The summed E-state index contributed by atoms with van der Waals surface area (Å²) >= 11 is 0. The lowest BCUT2D eigenvalue weighted by molar-refractivity contribution is 0.428. The smallest absolute Gasteiger partial charge is 0.244 e. The molecule has 0 unspecified atom stereocenters. The van der Waals surface area contributed by atoms with Gasteiger partial charge >= 0.3 is 0 Å². The number of hydrogen-bond donors (Lipinski definition) is 1. The Morgan fingerprint density at radius 1 is 1.33 bits per heavy atom. The van der Waals surface area contributed by atoms with Gasteiger partial charge in [0.2, 0.25) is 10.0 Å². The Hall–Kier alpha value is -1.11. The molecule has 118 valence electrons. The summed E-state index contributed by atoms with van der Waals surface area (Å²) in [5, 5.41) is 3.25. The van der Waals surface area contributed by atoms with Gasteiger partial charge in [0, 0.05) is 38.1 Å². The topological polar surface area (TPSA) is 54.3 Å². The lowest BCUT2D eigenvalue weighted by Crippen LogP contribution is -2.35. The molecule has 6 heteroatoms. The van der Waals surface area contributed by atoms with Gasteiger partial charge in [-0.1, -0.05) is 18.6 Å². The van der Waals surface area contributed by atoms with Crippen LogP contribution in [0, 0.1) is 0 Å². The Labute approximate surface area is 127 Å². The number of rotatable bonds is 6. The van der Waals surface area contributed by atoms with E-state index in [0.29, 0.717) is 24.5 Å². The van der Waals surface area contributed by atoms with Gasteiger partial charge in [0.1, 0.15) is 4.90 Å². The fourth-order valence-electron chi connectivity index (χ4n) is 2.59. The van der Waals surface area contributed by atoms with E-state index in [9.17, 15) is 8.42 Å². The summed E-state index contributed by atoms with van der Waals surface area (Å²) in [6, 6.07) is 1.80. The van der Waals surface area contributed by atoms with Crippen molar-refractivity contribution in [1.29, 1.82) is 0 Å². The maximum atomic E-state index is 12.8. The van der Waals surface area contributed by atoms with Crippen LogP contribution in [0.15, 0.2) is 28.8 Å². The van der Waals surface area contributed by atoms with Gasteiger partial charge in [0.25, 0.3) is 0 Å². The standard InChI is InChI=1S/C15H25N3O2S/c1-4-16-10-14-9-15(12-17(14)5-2)21(19,20)18-8-6-7-13(3)11-18/h7,9,12,16H,4-6,8,10-11H2,1-3H3. The normalized spacial score (nSPS) is 17.0. The van der Waals surface area contributed by atoms with E-state index in [1.54, 1.807) is 16.6 Å². The predicted molar refractivity (Wildman–Crippen MR) is 84.6 cm³/mol. The molecule has 0 aliphatic carbocycles. The van der Waals surface area contributed by atoms with E-state index in [1.165, 1.54) is 0 Å². The van der Waals surface area contributed by atoms with Crippen molar-refractivity contribution in [1.82, 2.24) is 14.2 Å². The van der Waals surface area contributed by atoms with Gasteiger partial charge in [-0.25, -0.2) is 8.42 Å². The lowest BCUT2D eigenvalue weighted by Gasteiger charge is -2.24. The van der Waals surface area contributed by atoms with E-state index in [1.807, 2.05) is 25.3 Å². The molecule has 0 fully saturated rings. The van der Waals surface area contributed by atoms with Gasteiger partial charge in [-0.05, 0) is 32.9 Å². The molecule has 1 aromatic heterocycles. The van der Waals surface area contributed by atoms with Crippen LogP contribution in [0.4, 0.5) is 0 Å². The quantitative estimate of drug-likeness (QED) is 0.817. The van der Waals surface area contributed by atoms with Crippen LogP contribution in [0.2, 0.25) is 0 Å². The van der Waals surface area contributed by atoms with E-state index in [0.717, 1.165) is 30.8 Å². The third kappa shape index (κ3) is 3.56. The third-order valence-corrected chi connectivity index (χ3v) is 5.60. The van der Waals surface area contributed by atoms with Crippen LogP contribution >= 0.6 is 0 Å². The van der Waals surface area contributed by atoms with Crippen LogP contribution in [0.5, 0.6) is 0 Å². The van der Waals surface area contributed by atoms with Crippen LogP contribution in [0.25, 0.3) is 0 Å². The van der Waals surface area contributed by atoms with Crippen LogP contribution in [0.1, 0.15) is 32.9 Å². The summed E-state index contributed by atoms with van der Waals surface area (Å²) in [6.07, 6.45) is 4.67. The molecule has 1 aliphatic rings. The summed E-state index contributed by atoms with van der Waals surface area (Å²) in [5.74, 6) is 0. The zero-order valence-electron chi connectivity index (χ0n) is 13.1. The number of hydrogen-bond acceptors (Lipinski definition) is 3. The van der Waals surface area contributed by atoms with Gasteiger partial charge < -0.3 is 9.88 Å². The Morgan fingerprint density at radius 2 is 2.10 bits per heavy atom. The van der Waals surface area contributed by atoms with Crippen LogP contribution < -0.4 is 5.32 Å². The maximum Gasteiger partial charge on any atom is 0.244 e. The second-order valence-electron chi connectivity index (χ2n) is 5.41. The summed E-state index contributed by atoms with van der Waals surface area (Å²) in [7, 11) is -3.39. The van der Waals surface area contributed by atoms with E-state index < -0.39 is 10.0 Å². The second kappa shape index (κ2) is 6.77. The molecule has 0 spiro atoms. The molecule has 0 saturated heterocycles. The van der Waals surface area contributed by atoms with E-state index in [4.69, 9.17) is 0 Å². The minimum Gasteiger partial charge on any atom is -0.349 e. The van der Waals surface area contributed by atoms with Crippen molar-refractivity contribution in [2.75, 3.05) is 19.6 Å². The van der Waals surface area contributed by atoms with Gasteiger partial charge in [-0.3, -0.25) is 0 Å². The zero-order chi connectivity index (χ0) is 15.5. The van der Waals surface area contributed by atoms with Crippen molar-refractivity contribution in [3.05, 3.63) is 29.6 Å². The molecular formula is C15H25N3O2S. The number of nitrogens with zero attached hydrogens (tertiary/aromatic N) is 2. The third-order valence-electron chi connectivity index (χ3n) is 3.79. The summed E-state index contributed by atoms with van der Waals surface area (Å²) in [6.45, 7) is 9.46. The molecule has 0 aromatic carbocycles. The molecule has 0 atom stereocenters.